The summed E-state index contributed by atoms with van der Waals surface area (Å²) in [6.45, 7) is 6.56. The van der Waals surface area contributed by atoms with E-state index in [4.69, 9.17) is 4.74 Å². The average Bonchev–Trinajstić information content (AvgIpc) is 2.89. The Labute approximate surface area is 120 Å². The molecule has 20 heavy (non-hydrogen) atoms. The number of nitrogens with zero attached hydrogens (tertiary/aromatic N) is 1. The molecule has 1 heterocycles. The number of ether oxygens (including phenoxy) is 1. The highest BCUT2D eigenvalue weighted by Gasteiger charge is 2.19. The molecule has 0 aliphatic heterocycles. The Morgan fingerprint density at radius 3 is 2.85 bits per heavy atom. The van der Waals surface area contributed by atoms with Crippen molar-refractivity contribution >= 4 is 10.0 Å². The summed E-state index contributed by atoms with van der Waals surface area (Å²) >= 11 is 0. The number of nitrogens with one attached hydrogen (secondary N) is 3. The molecule has 7 nitrogen and oxygen atoms in total. The quantitative estimate of drug-likeness (QED) is 0.521. The Kier molecular flexibility index (Phi) is 7.75. The summed E-state index contributed by atoms with van der Waals surface area (Å²) in [4.78, 5) is 0. The fraction of sp³-hybridized carbons (Fsp3) is 0.750. The van der Waals surface area contributed by atoms with Gasteiger partial charge in [-0.3, -0.25) is 5.10 Å². The summed E-state index contributed by atoms with van der Waals surface area (Å²) in [6, 6.07) is 0. The standard InChI is InChI=1S/C12H24N4O3S/c1-3-5-7-19-8-6-15-20(17,18)12-11(9-13-4-2)10-14-16-12/h10,13,15H,3-9H2,1-2H3,(H,14,16). The van der Waals surface area contributed by atoms with E-state index >= 15 is 0 Å². The van der Waals surface area contributed by atoms with Crippen molar-refractivity contribution in [2.75, 3.05) is 26.3 Å². The van der Waals surface area contributed by atoms with Crippen LogP contribution in [0.15, 0.2) is 11.2 Å². The maximum absolute atomic E-state index is 12.1. The fourth-order valence-corrected chi connectivity index (χ4v) is 2.73. The largest absolute Gasteiger partial charge is 0.380 e. The number of H-pyrrole nitrogens is 1. The van der Waals surface area contributed by atoms with Crippen molar-refractivity contribution in [1.29, 1.82) is 0 Å². The van der Waals surface area contributed by atoms with Gasteiger partial charge in [-0.1, -0.05) is 20.3 Å². The van der Waals surface area contributed by atoms with Gasteiger partial charge in [0.25, 0.3) is 10.0 Å². The Hall–Kier alpha value is -0.960. The van der Waals surface area contributed by atoms with Gasteiger partial charge in [0, 0.05) is 25.3 Å². The van der Waals surface area contributed by atoms with Crippen LogP contribution >= 0.6 is 0 Å². The molecule has 0 radical (unpaired) electrons. The van der Waals surface area contributed by atoms with Gasteiger partial charge >= 0.3 is 0 Å². The van der Waals surface area contributed by atoms with Crippen LogP contribution in [0.4, 0.5) is 0 Å². The van der Waals surface area contributed by atoms with Gasteiger partial charge < -0.3 is 10.1 Å². The summed E-state index contributed by atoms with van der Waals surface area (Å²) in [5.41, 5.74) is 0.631. The predicted molar refractivity (Wildman–Crippen MR) is 76.9 cm³/mol. The molecular formula is C12H24N4O3S. The lowest BCUT2D eigenvalue weighted by Gasteiger charge is -2.08. The Morgan fingerprint density at radius 2 is 2.15 bits per heavy atom. The third-order valence-corrected chi connectivity index (χ3v) is 4.17. The second kappa shape index (κ2) is 9.06. The first-order valence-electron chi connectivity index (χ1n) is 6.92. The highest BCUT2D eigenvalue weighted by atomic mass is 32.2. The first kappa shape index (κ1) is 17.1. The minimum absolute atomic E-state index is 0.118. The van der Waals surface area contributed by atoms with Crippen LogP contribution in [-0.2, 0) is 21.3 Å². The summed E-state index contributed by atoms with van der Waals surface area (Å²) in [5, 5.41) is 9.52. The van der Waals surface area contributed by atoms with Gasteiger partial charge in [-0.05, 0) is 13.0 Å². The van der Waals surface area contributed by atoms with Gasteiger partial charge in [0.15, 0.2) is 5.03 Å². The van der Waals surface area contributed by atoms with Gasteiger partial charge in [0.05, 0.1) is 12.8 Å². The molecule has 0 fully saturated rings. The lowest BCUT2D eigenvalue weighted by molar-refractivity contribution is 0.136. The zero-order valence-electron chi connectivity index (χ0n) is 12.1. The fourth-order valence-electron chi connectivity index (χ4n) is 1.59. The van der Waals surface area contributed by atoms with Gasteiger partial charge in [-0.25, -0.2) is 13.1 Å². The first-order valence-corrected chi connectivity index (χ1v) is 8.40. The minimum Gasteiger partial charge on any atom is -0.380 e. The topological polar surface area (TPSA) is 96.1 Å². The predicted octanol–water partition coefficient (Wildman–Crippen LogP) is 0.614. The van der Waals surface area contributed by atoms with E-state index < -0.39 is 10.0 Å². The number of sulfonamides is 1. The van der Waals surface area contributed by atoms with Crippen LogP contribution in [0, 0.1) is 0 Å². The molecule has 0 saturated carbocycles. The number of hydrogen-bond donors (Lipinski definition) is 3. The normalized spacial score (nSPS) is 11.9. The number of unbranched alkanes of at least 4 members (excludes halogenated alkanes) is 1. The Morgan fingerprint density at radius 1 is 1.35 bits per heavy atom. The Bertz CT molecular complexity index is 473. The average molecular weight is 304 g/mol. The molecule has 0 aromatic carbocycles. The van der Waals surface area contributed by atoms with Crippen LogP contribution in [0.2, 0.25) is 0 Å². The van der Waals surface area contributed by atoms with Gasteiger partial charge in [-0.15, -0.1) is 0 Å². The number of hydrogen-bond acceptors (Lipinski definition) is 5. The molecule has 1 aromatic heterocycles. The molecule has 1 aromatic rings. The molecule has 8 heteroatoms. The molecule has 0 spiro atoms. The first-order chi connectivity index (χ1) is 9.61. The number of aromatic amines is 1. The SMILES string of the molecule is CCCCOCCNS(=O)(=O)c1[nH]ncc1CNCC. The van der Waals surface area contributed by atoms with Crippen molar-refractivity contribution in [1.82, 2.24) is 20.2 Å². The number of rotatable bonds is 11. The molecule has 0 saturated heterocycles. The minimum atomic E-state index is -3.56. The van der Waals surface area contributed by atoms with E-state index in [1.807, 2.05) is 6.92 Å². The third-order valence-electron chi connectivity index (χ3n) is 2.69. The molecule has 0 bridgehead atoms. The van der Waals surface area contributed by atoms with E-state index in [1.165, 1.54) is 6.20 Å². The summed E-state index contributed by atoms with van der Waals surface area (Å²) < 4.78 is 32.0. The van der Waals surface area contributed by atoms with Crippen molar-refractivity contribution < 1.29 is 13.2 Å². The van der Waals surface area contributed by atoms with Crippen molar-refractivity contribution in [2.24, 2.45) is 0 Å². The summed E-state index contributed by atoms with van der Waals surface area (Å²) in [6.07, 6.45) is 3.57. The number of aromatic nitrogens is 2. The molecular weight excluding hydrogens is 280 g/mol. The van der Waals surface area contributed by atoms with Crippen molar-refractivity contribution in [3.05, 3.63) is 11.8 Å². The zero-order chi connectivity index (χ0) is 14.8. The van der Waals surface area contributed by atoms with Crippen LogP contribution in [0.1, 0.15) is 32.3 Å². The smallest absolute Gasteiger partial charge is 0.257 e. The second-order valence-corrected chi connectivity index (χ2v) is 6.07. The van der Waals surface area contributed by atoms with Crippen LogP contribution in [0.3, 0.4) is 0 Å². The molecule has 0 atom stereocenters. The van der Waals surface area contributed by atoms with Crippen LogP contribution in [0.25, 0.3) is 0 Å². The summed E-state index contributed by atoms with van der Waals surface area (Å²) in [7, 11) is -3.56. The zero-order valence-corrected chi connectivity index (χ0v) is 12.9. The molecule has 0 aliphatic carbocycles. The van der Waals surface area contributed by atoms with Gasteiger partial charge in [0.2, 0.25) is 0 Å². The van der Waals surface area contributed by atoms with Gasteiger partial charge in [0.1, 0.15) is 0 Å². The van der Waals surface area contributed by atoms with Crippen molar-refractivity contribution in [3.63, 3.8) is 0 Å². The lowest BCUT2D eigenvalue weighted by Crippen LogP contribution is -2.29. The van der Waals surface area contributed by atoms with E-state index in [0.29, 0.717) is 25.3 Å². The second-order valence-electron chi connectivity index (χ2n) is 4.37. The lowest BCUT2D eigenvalue weighted by atomic mass is 10.3. The summed E-state index contributed by atoms with van der Waals surface area (Å²) in [5.74, 6) is 0. The monoisotopic (exact) mass is 304 g/mol. The third kappa shape index (κ3) is 5.58. The highest BCUT2D eigenvalue weighted by Crippen LogP contribution is 2.11. The Balaban J connectivity index is 2.45. The molecule has 3 N–H and O–H groups in total. The molecule has 0 aliphatic rings. The van der Waals surface area contributed by atoms with Crippen LogP contribution in [-0.4, -0.2) is 44.9 Å². The van der Waals surface area contributed by atoms with Gasteiger partial charge in [-0.2, -0.15) is 5.10 Å². The van der Waals surface area contributed by atoms with Crippen molar-refractivity contribution in [3.8, 4) is 0 Å². The maximum atomic E-state index is 12.1. The highest BCUT2D eigenvalue weighted by molar-refractivity contribution is 7.89. The van der Waals surface area contributed by atoms with E-state index in [-0.39, 0.29) is 11.6 Å². The van der Waals surface area contributed by atoms with E-state index in [0.717, 1.165) is 19.4 Å². The van der Waals surface area contributed by atoms with Crippen LogP contribution in [0.5, 0.6) is 0 Å². The van der Waals surface area contributed by atoms with E-state index in [2.05, 4.69) is 27.2 Å². The van der Waals surface area contributed by atoms with E-state index in [1.54, 1.807) is 0 Å². The van der Waals surface area contributed by atoms with Crippen molar-refractivity contribution in [2.45, 2.75) is 38.3 Å². The molecule has 1 rings (SSSR count). The van der Waals surface area contributed by atoms with Crippen LogP contribution < -0.4 is 10.0 Å². The molecule has 0 unspecified atom stereocenters. The van der Waals surface area contributed by atoms with E-state index in [9.17, 15) is 8.42 Å². The molecule has 116 valence electrons. The maximum Gasteiger partial charge on any atom is 0.257 e. The molecule has 0 amide bonds.